The van der Waals surface area contributed by atoms with E-state index in [0.29, 0.717) is 0 Å². The van der Waals surface area contributed by atoms with Crippen molar-refractivity contribution >= 4 is 100 Å². The second kappa shape index (κ2) is 7.07. The monoisotopic (exact) mass is 494 g/mol. The number of hydrogen-bond acceptors (Lipinski definition) is 4. The highest BCUT2D eigenvalue weighted by molar-refractivity contribution is 7.34. The topological polar surface area (TPSA) is 0 Å². The van der Waals surface area contributed by atoms with Gasteiger partial charge in [0.1, 0.15) is 16.1 Å². The summed E-state index contributed by atoms with van der Waals surface area (Å²) in [6, 6.07) is 9.38. The first-order valence-electron chi connectivity index (χ1n) is 9.94. The van der Waals surface area contributed by atoms with Gasteiger partial charge in [-0.3, -0.25) is 0 Å². The molecule has 0 unspecified atom stereocenters. The molecule has 0 amide bonds. The highest BCUT2D eigenvalue weighted by Gasteiger charge is 2.15. The number of fused-ring (bicyclic) bond motifs is 6. The molecule has 0 spiro atoms. The summed E-state index contributed by atoms with van der Waals surface area (Å²) >= 11 is 7.52. The molecule has 150 valence electrons. The summed E-state index contributed by atoms with van der Waals surface area (Å²) in [6.45, 7) is 13.8. The molecular formula is C24H22S4Si2. The maximum atomic E-state index is 3.50. The predicted octanol–water partition coefficient (Wildman–Crippen LogP) is 9.00. The third-order valence-electron chi connectivity index (χ3n) is 4.53. The highest BCUT2D eigenvalue weighted by Crippen LogP contribution is 2.46. The molecule has 0 fully saturated rings. The Morgan fingerprint density at radius 2 is 0.933 bits per heavy atom. The maximum absolute atomic E-state index is 3.50. The van der Waals surface area contributed by atoms with Gasteiger partial charge in [-0.05, 0) is 24.3 Å². The lowest BCUT2D eigenvalue weighted by molar-refractivity contribution is 1.81. The Labute approximate surface area is 195 Å². The first-order chi connectivity index (χ1) is 14.1. The van der Waals surface area contributed by atoms with Gasteiger partial charge < -0.3 is 0 Å². The predicted molar refractivity (Wildman–Crippen MR) is 148 cm³/mol. The minimum Gasteiger partial charge on any atom is -0.134 e. The number of hydrogen-bond donors (Lipinski definition) is 0. The van der Waals surface area contributed by atoms with Crippen LogP contribution in [0.15, 0.2) is 24.3 Å². The van der Waals surface area contributed by atoms with Crippen molar-refractivity contribution in [2.24, 2.45) is 0 Å². The molecule has 1 aromatic carbocycles. The average molecular weight is 495 g/mol. The number of benzene rings is 1. The minimum atomic E-state index is -1.35. The van der Waals surface area contributed by atoms with Gasteiger partial charge in [0.15, 0.2) is 0 Å². The molecule has 0 aliphatic rings. The van der Waals surface area contributed by atoms with Gasteiger partial charge in [-0.25, -0.2) is 0 Å². The van der Waals surface area contributed by atoms with Crippen LogP contribution in [0.25, 0.3) is 39.0 Å². The molecule has 6 heteroatoms. The molecule has 0 bridgehead atoms. The summed E-state index contributed by atoms with van der Waals surface area (Å²) in [5, 5.41) is 2.78. The van der Waals surface area contributed by atoms with Crippen molar-refractivity contribution in [1.82, 2.24) is 0 Å². The van der Waals surface area contributed by atoms with Gasteiger partial charge in [0, 0.05) is 29.6 Å². The Bertz CT molecular complexity index is 1450. The first kappa shape index (κ1) is 20.5. The van der Waals surface area contributed by atoms with Crippen LogP contribution in [-0.4, -0.2) is 16.1 Å². The Balaban J connectivity index is 1.63. The van der Waals surface area contributed by atoms with Crippen molar-refractivity contribution in [3.8, 4) is 22.9 Å². The molecule has 0 aliphatic carbocycles. The second-order valence-corrected chi connectivity index (χ2v) is 23.4. The SMILES string of the molecule is C[Si](C)(C)C#Cc1cc2sc3cc4c(cc3c2s1)sc1cc(C#C[Si](C)(C)C)sc14. The standard InChI is InChI=1S/C24H22S4Si2/c1-29(2,3)9-7-15-11-21-23(25-15)17-13-20-18(14-19(17)27-21)24-22(28-20)12-16(26-24)8-10-30(4,5)6/h11-14H,1-6H3. The molecule has 5 aromatic rings. The van der Waals surface area contributed by atoms with Crippen molar-refractivity contribution in [2.75, 3.05) is 0 Å². The third-order valence-corrected chi connectivity index (χ3v) is 10.9. The second-order valence-electron chi connectivity index (χ2n) is 9.66. The number of thiophene rings is 4. The fourth-order valence-corrected chi connectivity index (χ4v) is 9.20. The van der Waals surface area contributed by atoms with E-state index in [2.05, 4.69) is 86.5 Å². The van der Waals surface area contributed by atoms with Gasteiger partial charge in [0.05, 0.1) is 19.2 Å². The lowest BCUT2D eigenvalue weighted by atomic mass is 10.2. The molecule has 0 saturated heterocycles. The molecule has 0 N–H and O–H groups in total. The average Bonchev–Trinajstić information content (AvgIpc) is 3.33. The lowest BCUT2D eigenvalue weighted by Crippen LogP contribution is -2.16. The molecule has 0 saturated carbocycles. The van der Waals surface area contributed by atoms with E-state index < -0.39 is 16.1 Å². The molecule has 5 rings (SSSR count). The molecule has 4 aromatic heterocycles. The van der Waals surface area contributed by atoms with Crippen molar-refractivity contribution < 1.29 is 0 Å². The normalized spacial score (nSPS) is 12.5. The van der Waals surface area contributed by atoms with Crippen LogP contribution in [0.5, 0.6) is 0 Å². The van der Waals surface area contributed by atoms with Gasteiger partial charge in [-0.15, -0.1) is 56.4 Å². The van der Waals surface area contributed by atoms with E-state index in [9.17, 15) is 0 Å². The summed E-state index contributed by atoms with van der Waals surface area (Å²) in [5.41, 5.74) is 7.01. The van der Waals surface area contributed by atoms with Gasteiger partial charge in [0.2, 0.25) is 0 Å². The molecule has 0 aliphatic heterocycles. The van der Waals surface area contributed by atoms with E-state index in [0.717, 1.165) is 0 Å². The number of rotatable bonds is 0. The smallest absolute Gasteiger partial charge is 0.129 e. The largest absolute Gasteiger partial charge is 0.134 e. The van der Waals surface area contributed by atoms with Crippen LogP contribution in [0.1, 0.15) is 9.75 Å². The minimum absolute atomic E-state index is 1.21. The van der Waals surface area contributed by atoms with Crippen LogP contribution in [0, 0.1) is 22.9 Å². The summed E-state index contributed by atoms with van der Waals surface area (Å²) in [4.78, 5) is 2.41. The van der Waals surface area contributed by atoms with Crippen LogP contribution in [0.2, 0.25) is 39.3 Å². The quantitative estimate of drug-likeness (QED) is 0.149. The molecule has 0 radical (unpaired) electrons. The molecule has 0 atom stereocenters. The third kappa shape index (κ3) is 3.93. The Kier molecular flexibility index (Phi) is 4.83. The van der Waals surface area contributed by atoms with E-state index in [1.54, 1.807) is 0 Å². The fraction of sp³-hybridized carbons (Fsp3) is 0.250. The molecule has 4 heterocycles. The lowest BCUT2D eigenvalue weighted by Gasteiger charge is -2.02. The van der Waals surface area contributed by atoms with Crippen molar-refractivity contribution in [3.05, 3.63) is 34.0 Å². The Morgan fingerprint density at radius 1 is 0.533 bits per heavy atom. The Morgan fingerprint density at radius 3 is 1.30 bits per heavy atom. The summed E-state index contributed by atoms with van der Waals surface area (Å²) in [7, 11) is -2.69. The first-order valence-corrected chi connectivity index (χ1v) is 20.2. The zero-order valence-electron chi connectivity index (χ0n) is 17.9. The fourth-order valence-electron chi connectivity index (χ4n) is 3.22. The van der Waals surface area contributed by atoms with Crippen molar-refractivity contribution in [2.45, 2.75) is 39.3 Å². The molecule has 0 nitrogen and oxygen atoms in total. The zero-order valence-corrected chi connectivity index (χ0v) is 23.2. The van der Waals surface area contributed by atoms with Crippen molar-refractivity contribution in [1.29, 1.82) is 0 Å². The van der Waals surface area contributed by atoms with E-state index >= 15 is 0 Å². The van der Waals surface area contributed by atoms with Crippen LogP contribution in [-0.2, 0) is 0 Å². The van der Waals surface area contributed by atoms with E-state index in [4.69, 9.17) is 0 Å². The summed E-state index contributed by atoms with van der Waals surface area (Å²) in [6.07, 6.45) is 0. The molecular weight excluding hydrogens is 473 g/mol. The van der Waals surface area contributed by atoms with E-state index in [-0.39, 0.29) is 0 Å². The van der Waals surface area contributed by atoms with Crippen LogP contribution < -0.4 is 0 Å². The Hall–Kier alpha value is -1.39. The van der Waals surface area contributed by atoms with Crippen LogP contribution >= 0.6 is 45.3 Å². The van der Waals surface area contributed by atoms with Crippen LogP contribution in [0.4, 0.5) is 0 Å². The van der Waals surface area contributed by atoms with E-state index in [1.807, 2.05) is 45.3 Å². The maximum Gasteiger partial charge on any atom is 0.129 e. The van der Waals surface area contributed by atoms with Gasteiger partial charge in [-0.2, -0.15) is 0 Å². The van der Waals surface area contributed by atoms with E-state index in [1.165, 1.54) is 48.7 Å². The molecule has 30 heavy (non-hydrogen) atoms. The highest BCUT2D eigenvalue weighted by atomic mass is 32.1. The van der Waals surface area contributed by atoms with Gasteiger partial charge >= 0.3 is 0 Å². The zero-order chi connectivity index (χ0) is 21.3. The van der Waals surface area contributed by atoms with Crippen molar-refractivity contribution in [3.63, 3.8) is 0 Å². The van der Waals surface area contributed by atoms with Gasteiger partial charge in [0.25, 0.3) is 0 Å². The summed E-state index contributed by atoms with van der Waals surface area (Å²) < 4.78 is 8.31. The summed E-state index contributed by atoms with van der Waals surface area (Å²) in [5.74, 6) is 6.88. The van der Waals surface area contributed by atoms with Crippen LogP contribution in [0.3, 0.4) is 0 Å². The van der Waals surface area contributed by atoms with Gasteiger partial charge in [-0.1, -0.05) is 51.1 Å².